The van der Waals surface area contributed by atoms with Gasteiger partial charge in [0.25, 0.3) is 0 Å². The van der Waals surface area contributed by atoms with Crippen molar-refractivity contribution < 1.29 is 14.3 Å². The van der Waals surface area contributed by atoms with E-state index in [0.717, 1.165) is 37.9 Å². The summed E-state index contributed by atoms with van der Waals surface area (Å²) in [6.07, 6.45) is 10.9. The van der Waals surface area contributed by atoms with Crippen molar-refractivity contribution in [1.29, 1.82) is 0 Å². The van der Waals surface area contributed by atoms with Gasteiger partial charge in [-0.3, -0.25) is 0 Å². The number of aryl methyl sites for hydroxylation is 1. The SMILES string of the molecule is CC(C)[C@H]1C=C[C@@](C)(O)CC[C@@H]2O[C@@]2(C)Cc2cc(co2)CC1. The molecule has 1 aliphatic heterocycles. The molecule has 3 nitrogen and oxygen atoms in total. The average Bonchev–Trinajstić information content (AvgIpc) is 2.87. The van der Waals surface area contributed by atoms with Crippen molar-refractivity contribution in [3.05, 3.63) is 35.8 Å². The van der Waals surface area contributed by atoms with Crippen molar-refractivity contribution >= 4 is 0 Å². The van der Waals surface area contributed by atoms with E-state index < -0.39 is 5.60 Å². The second kappa shape index (κ2) is 6.10. The maximum absolute atomic E-state index is 10.6. The molecule has 23 heavy (non-hydrogen) atoms. The molecule has 0 unspecified atom stereocenters. The second-order valence-corrected chi connectivity index (χ2v) is 8.22. The maximum Gasteiger partial charge on any atom is 0.107 e. The van der Waals surface area contributed by atoms with E-state index in [2.05, 4.69) is 32.9 Å². The van der Waals surface area contributed by atoms with Gasteiger partial charge in [0.2, 0.25) is 0 Å². The van der Waals surface area contributed by atoms with Gasteiger partial charge in [0, 0.05) is 6.42 Å². The van der Waals surface area contributed by atoms with E-state index in [-0.39, 0.29) is 11.7 Å². The first-order valence-electron chi connectivity index (χ1n) is 8.93. The van der Waals surface area contributed by atoms with Crippen LogP contribution in [0.25, 0.3) is 0 Å². The van der Waals surface area contributed by atoms with E-state index in [1.807, 2.05) is 19.3 Å². The van der Waals surface area contributed by atoms with Gasteiger partial charge in [-0.2, -0.15) is 0 Å². The summed E-state index contributed by atoms with van der Waals surface area (Å²) in [4.78, 5) is 0. The minimum absolute atomic E-state index is 0.125. The number of allylic oxidation sites excluding steroid dienone is 1. The van der Waals surface area contributed by atoms with Crippen molar-refractivity contribution in [3.8, 4) is 0 Å². The molecule has 0 saturated carbocycles. The summed E-state index contributed by atoms with van der Waals surface area (Å²) < 4.78 is 11.6. The Kier molecular flexibility index (Phi) is 4.45. The van der Waals surface area contributed by atoms with Gasteiger partial charge < -0.3 is 14.3 Å². The molecule has 0 amide bonds. The highest BCUT2D eigenvalue weighted by Gasteiger charge is 2.52. The van der Waals surface area contributed by atoms with Crippen LogP contribution >= 0.6 is 0 Å². The largest absolute Gasteiger partial charge is 0.469 e. The van der Waals surface area contributed by atoms with Crippen LogP contribution in [0.2, 0.25) is 0 Å². The van der Waals surface area contributed by atoms with Crippen molar-refractivity contribution in [2.24, 2.45) is 11.8 Å². The van der Waals surface area contributed by atoms with Crippen LogP contribution in [0.4, 0.5) is 0 Å². The lowest BCUT2D eigenvalue weighted by Crippen LogP contribution is -2.23. The third-order valence-electron chi connectivity index (χ3n) is 5.51. The zero-order chi connectivity index (χ0) is 16.7. The average molecular weight is 318 g/mol. The molecule has 1 saturated heterocycles. The summed E-state index contributed by atoms with van der Waals surface area (Å²) in [5.41, 5.74) is 0.390. The molecule has 1 aromatic heterocycles. The monoisotopic (exact) mass is 318 g/mol. The van der Waals surface area contributed by atoms with Crippen LogP contribution in [0.5, 0.6) is 0 Å². The highest BCUT2D eigenvalue weighted by molar-refractivity contribution is 5.18. The summed E-state index contributed by atoms with van der Waals surface area (Å²) in [7, 11) is 0. The fourth-order valence-electron chi connectivity index (χ4n) is 3.63. The smallest absolute Gasteiger partial charge is 0.107 e. The Hall–Kier alpha value is -1.06. The highest BCUT2D eigenvalue weighted by Crippen LogP contribution is 2.43. The van der Waals surface area contributed by atoms with E-state index in [9.17, 15) is 5.11 Å². The predicted octanol–water partition coefficient (Wildman–Crippen LogP) is 4.29. The first-order chi connectivity index (χ1) is 10.8. The Bertz CT molecular complexity index is 569. The topological polar surface area (TPSA) is 45.9 Å². The van der Waals surface area contributed by atoms with Crippen LogP contribution in [0.15, 0.2) is 28.9 Å². The molecule has 0 radical (unpaired) electrons. The van der Waals surface area contributed by atoms with Crippen LogP contribution in [0.1, 0.15) is 58.3 Å². The van der Waals surface area contributed by atoms with Crippen LogP contribution in [-0.4, -0.2) is 22.4 Å². The Morgan fingerprint density at radius 2 is 2.04 bits per heavy atom. The number of ether oxygens (including phenoxy) is 1. The number of epoxide rings is 1. The summed E-state index contributed by atoms with van der Waals surface area (Å²) in [6, 6.07) is 2.19. The number of aliphatic hydroxyl groups is 1. The lowest BCUT2D eigenvalue weighted by molar-refractivity contribution is 0.0955. The van der Waals surface area contributed by atoms with Gasteiger partial charge >= 0.3 is 0 Å². The fourth-order valence-corrected chi connectivity index (χ4v) is 3.63. The summed E-state index contributed by atoms with van der Waals surface area (Å²) in [5.74, 6) is 2.06. The second-order valence-electron chi connectivity index (χ2n) is 8.22. The van der Waals surface area contributed by atoms with Crippen molar-refractivity contribution in [1.82, 2.24) is 0 Å². The molecule has 1 N–H and O–H groups in total. The number of rotatable bonds is 1. The zero-order valence-electron chi connectivity index (χ0n) is 14.8. The van der Waals surface area contributed by atoms with Crippen molar-refractivity contribution in [2.45, 2.75) is 77.1 Å². The van der Waals surface area contributed by atoms with Crippen molar-refractivity contribution in [2.75, 3.05) is 0 Å². The van der Waals surface area contributed by atoms with E-state index in [1.165, 1.54) is 5.56 Å². The normalized spacial score (nSPS) is 38.2. The van der Waals surface area contributed by atoms with Gasteiger partial charge in [0.15, 0.2) is 0 Å². The lowest BCUT2D eigenvalue weighted by atomic mass is 9.86. The number of fused-ring (bicyclic) bond motifs is 3. The van der Waals surface area contributed by atoms with Gasteiger partial charge in [-0.05, 0) is 63.0 Å². The van der Waals surface area contributed by atoms with Crippen LogP contribution in [0.3, 0.4) is 0 Å². The zero-order valence-corrected chi connectivity index (χ0v) is 14.8. The minimum Gasteiger partial charge on any atom is -0.469 e. The molecule has 4 atom stereocenters. The third kappa shape index (κ3) is 4.07. The van der Waals surface area contributed by atoms with Crippen LogP contribution in [0, 0.1) is 11.8 Å². The molecule has 1 fully saturated rings. The first-order valence-corrected chi connectivity index (χ1v) is 8.93. The van der Waals surface area contributed by atoms with Gasteiger partial charge in [-0.25, -0.2) is 0 Å². The Labute approximate surface area is 139 Å². The van der Waals surface area contributed by atoms with Gasteiger partial charge in [-0.15, -0.1) is 0 Å². The molecule has 0 spiro atoms. The number of hydrogen-bond donors (Lipinski definition) is 1. The minimum atomic E-state index is -0.752. The third-order valence-corrected chi connectivity index (χ3v) is 5.51. The maximum atomic E-state index is 10.6. The van der Waals surface area contributed by atoms with Gasteiger partial charge in [0.1, 0.15) is 5.76 Å². The van der Waals surface area contributed by atoms with E-state index in [0.29, 0.717) is 11.8 Å². The number of furan rings is 1. The predicted molar refractivity (Wildman–Crippen MR) is 91.3 cm³/mol. The van der Waals surface area contributed by atoms with E-state index in [4.69, 9.17) is 9.15 Å². The molecular formula is C20H30O3. The summed E-state index contributed by atoms with van der Waals surface area (Å²) >= 11 is 0. The molecule has 1 aliphatic carbocycles. The standard InChI is InChI=1S/C20H30O3/c1-14(2)16-6-5-15-11-17(22-13-15)12-20(4)18(23-20)8-10-19(3,21)9-7-16/h7,9,11,13-14,16,18,21H,5-6,8,10,12H2,1-4H3/t16-,18+,19-,20+/m1/s1. The van der Waals surface area contributed by atoms with Crippen molar-refractivity contribution in [3.63, 3.8) is 0 Å². The van der Waals surface area contributed by atoms with Gasteiger partial charge in [-0.1, -0.05) is 26.0 Å². The van der Waals surface area contributed by atoms with E-state index in [1.54, 1.807) is 0 Å². The summed E-state index contributed by atoms with van der Waals surface area (Å²) in [6.45, 7) is 8.55. The first kappa shape index (κ1) is 16.8. The number of hydrogen-bond acceptors (Lipinski definition) is 3. The molecule has 2 aliphatic rings. The molecule has 128 valence electrons. The molecule has 2 heterocycles. The fraction of sp³-hybridized carbons (Fsp3) is 0.700. The molecular weight excluding hydrogens is 288 g/mol. The van der Waals surface area contributed by atoms with Crippen LogP contribution in [-0.2, 0) is 17.6 Å². The Morgan fingerprint density at radius 3 is 2.78 bits per heavy atom. The van der Waals surface area contributed by atoms with Gasteiger partial charge in [0.05, 0.1) is 23.6 Å². The lowest BCUT2D eigenvalue weighted by Gasteiger charge is -2.22. The Morgan fingerprint density at radius 1 is 1.26 bits per heavy atom. The van der Waals surface area contributed by atoms with E-state index >= 15 is 0 Å². The molecule has 0 aromatic carbocycles. The molecule has 1 aromatic rings. The quantitative estimate of drug-likeness (QED) is 0.621. The molecule has 2 bridgehead atoms. The van der Waals surface area contributed by atoms with Crippen LogP contribution < -0.4 is 0 Å². The molecule has 3 rings (SSSR count). The molecule has 3 heteroatoms. The highest BCUT2D eigenvalue weighted by atomic mass is 16.6. The Balaban J connectivity index is 1.80. The summed E-state index contributed by atoms with van der Waals surface area (Å²) in [5, 5.41) is 10.6.